The maximum Gasteiger partial charge on any atom is 0.0745 e. The van der Waals surface area contributed by atoms with Gasteiger partial charge in [0.15, 0.2) is 0 Å². The number of fused-ring (bicyclic) bond motifs is 1. The molecule has 3 N–H and O–H groups in total. The molecule has 0 radical (unpaired) electrons. The molecule has 0 aromatic heterocycles. The van der Waals surface area contributed by atoms with Gasteiger partial charge >= 0.3 is 0 Å². The number of anilines is 1. The van der Waals surface area contributed by atoms with Gasteiger partial charge in [0, 0.05) is 6.54 Å². The number of benzene rings is 1. The van der Waals surface area contributed by atoms with Gasteiger partial charge in [0.1, 0.15) is 0 Å². The highest BCUT2D eigenvalue weighted by Gasteiger charge is 2.13. The predicted octanol–water partition coefficient (Wildman–Crippen LogP) is 0.385. The van der Waals surface area contributed by atoms with Crippen LogP contribution in [0, 0.1) is 0 Å². The summed E-state index contributed by atoms with van der Waals surface area (Å²) < 4.78 is 0. The van der Waals surface area contributed by atoms with Crippen molar-refractivity contribution in [2.75, 3.05) is 5.12 Å². The molecule has 0 atom stereocenters. The summed E-state index contributed by atoms with van der Waals surface area (Å²) in [5.41, 5.74) is 5.32. The minimum atomic E-state index is 0.840. The second-order valence-electron chi connectivity index (χ2n) is 2.33. The fourth-order valence-electron chi connectivity index (χ4n) is 1.15. The van der Waals surface area contributed by atoms with E-state index in [4.69, 9.17) is 5.84 Å². The van der Waals surface area contributed by atoms with Crippen molar-refractivity contribution in [1.82, 2.24) is 5.43 Å². The zero-order valence-corrected chi connectivity index (χ0v) is 5.54. The van der Waals surface area contributed by atoms with Crippen molar-refractivity contribution in [3.05, 3.63) is 29.8 Å². The lowest BCUT2D eigenvalue weighted by molar-refractivity contribution is 0.694. The fraction of sp³-hybridized carbons (Fsp3) is 0.143. The van der Waals surface area contributed by atoms with Crippen molar-refractivity contribution in [3.63, 3.8) is 0 Å². The lowest BCUT2D eigenvalue weighted by atomic mass is 10.2. The normalized spacial score (nSPS) is 15.5. The SMILES string of the molecule is NN1NCc2ccccc21. The molecule has 2 rings (SSSR count). The molecule has 52 valence electrons. The molecule has 0 spiro atoms. The van der Waals surface area contributed by atoms with Gasteiger partial charge < -0.3 is 0 Å². The molecule has 0 fully saturated rings. The molecule has 0 unspecified atom stereocenters. The molecular weight excluding hydrogens is 126 g/mol. The van der Waals surface area contributed by atoms with E-state index >= 15 is 0 Å². The smallest absolute Gasteiger partial charge is 0.0745 e. The number of hydrogen-bond donors (Lipinski definition) is 2. The molecule has 3 heteroatoms. The molecule has 0 amide bonds. The molecule has 0 bridgehead atoms. The van der Waals surface area contributed by atoms with Crippen molar-refractivity contribution in [3.8, 4) is 0 Å². The average molecular weight is 135 g/mol. The quantitative estimate of drug-likeness (QED) is 0.505. The van der Waals surface area contributed by atoms with Gasteiger partial charge in [-0.05, 0) is 11.6 Å². The Balaban J connectivity index is 2.51. The van der Waals surface area contributed by atoms with Gasteiger partial charge in [0.25, 0.3) is 0 Å². The van der Waals surface area contributed by atoms with Crippen LogP contribution in [0.15, 0.2) is 24.3 Å². The molecule has 1 aliphatic rings. The summed E-state index contributed by atoms with van der Waals surface area (Å²) in [5.74, 6) is 5.57. The van der Waals surface area contributed by atoms with Crippen LogP contribution in [0.25, 0.3) is 0 Å². The van der Waals surface area contributed by atoms with Crippen LogP contribution in [0.4, 0.5) is 5.69 Å². The Hall–Kier alpha value is -1.06. The summed E-state index contributed by atoms with van der Waals surface area (Å²) in [6, 6.07) is 8.05. The lowest BCUT2D eigenvalue weighted by Crippen LogP contribution is -2.38. The van der Waals surface area contributed by atoms with Crippen molar-refractivity contribution >= 4 is 5.69 Å². The van der Waals surface area contributed by atoms with E-state index in [-0.39, 0.29) is 0 Å². The fourth-order valence-corrected chi connectivity index (χ4v) is 1.15. The molecule has 1 aliphatic heterocycles. The number of hydrazine groups is 2. The first kappa shape index (κ1) is 5.70. The summed E-state index contributed by atoms with van der Waals surface area (Å²) in [5, 5.41) is 1.55. The van der Waals surface area contributed by atoms with E-state index < -0.39 is 0 Å². The highest BCUT2D eigenvalue weighted by Crippen LogP contribution is 2.20. The second-order valence-corrected chi connectivity index (χ2v) is 2.33. The Kier molecular flexibility index (Phi) is 1.12. The van der Waals surface area contributed by atoms with Crippen LogP contribution in [0.3, 0.4) is 0 Å². The van der Waals surface area contributed by atoms with Crippen LogP contribution in [-0.4, -0.2) is 0 Å². The molecule has 0 saturated carbocycles. The van der Waals surface area contributed by atoms with Crippen LogP contribution in [-0.2, 0) is 6.54 Å². The van der Waals surface area contributed by atoms with E-state index in [1.807, 2.05) is 18.2 Å². The zero-order valence-electron chi connectivity index (χ0n) is 5.54. The van der Waals surface area contributed by atoms with Gasteiger partial charge in [0.2, 0.25) is 0 Å². The third-order valence-corrected chi connectivity index (χ3v) is 1.69. The van der Waals surface area contributed by atoms with E-state index in [0.29, 0.717) is 0 Å². The standard InChI is InChI=1S/C7H9N3/c8-10-7-4-2-1-3-6(7)5-9-10/h1-4,9H,5,8H2. The van der Waals surface area contributed by atoms with Crippen LogP contribution < -0.4 is 16.4 Å². The van der Waals surface area contributed by atoms with Crippen molar-refractivity contribution < 1.29 is 0 Å². The van der Waals surface area contributed by atoms with Gasteiger partial charge in [-0.3, -0.25) is 0 Å². The van der Waals surface area contributed by atoms with E-state index in [9.17, 15) is 0 Å². The van der Waals surface area contributed by atoms with Crippen LogP contribution in [0.5, 0.6) is 0 Å². The maximum absolute atomic E-state index is 5.57. The topological polar surface area (TPSA) is 41.3 Å². The summed E-state index contributed by atoms with van der Waals surface area (Å²) in [6.45, 7) is 0.840. The Morgan fingerprint density at radius 3 is 3.00 bits per heavy atom. The minimum absolute atomic E-state index is 0.840. The maximum atomic E-state index is 5.57. The zero-order chi connectivity index (χ0) is 6.97. The lowest BCUT2D eigenvalue weighted by Gasteiger charge is -2.09. The summed E-state index contributed by atoms with van der Waals surface area (Å²) >= 11 is 0. The number of nitrogens with one attached hydrogen (secondary N) is 1. The van der Waals surface area contributed by atoms with Gasteiger partial charge in [-0.2, -0.15) is 0 Å². The van der Waals surface area contributed by atoms with Crippen molar-refractivity contribution in [1.29, 1.82) is 0 Å². The molecule has 0 saturated heterocycles. The van der Waals surface area contributed by atoms with Crippen LogP contribution in [0.2, 0.25) is 0 Å². The molecular formula is C7H9N3. The highest BCUT2D eigenvalue weighted by atomic mass is 15.7. The summed E-state index contributed by atoms with van der Waals surface area (Å²) in [4.78, 5) is 0. The van der Waals surface area contributed by atoms with Crippen molar-refractivity contribution in [2.45, 2.75) is 6.54 Å². The van der Waals surface area contributed by atoms with Crippen molar-refractivity contribution in [2.24, 2.45) is 5.84 Å². The number of nitrogens with two attached hydrogens (primary N) is 1. The van der Waals surface area contributed by atoms with Gasteiger partial charge in [-0.15, -0.1) is 0 Å². The number of para-hydroxylation sites is 1. The van der Waals surface area contributed by atoms with Gasteiger partial charge in [-0.25, -0.2) is 16.4 Å². The summed E-state index contributed by atoms with van der Waals surface area (Å²) in [6.07, 6.45) is 0. The van der Waals surface area contributed by atoms with Gasteiger partial charge in [0.05, 0.1) is 5.69 Å². The monoisotopic (exact) mass is 135 g/mol. The number of hydrogen-bond acceptors (Lipinski definition) is 3. The molecule has 1 heterocycles. The Labute approximate surface area is 59.4 Å². The van der Waals surface area contributed by atoms with E-state index in [1.54, 1.807) is 5.12 Å². The first-order valence-electron chi connectivity index (χ1n) is 3.24. The molecule has 10 heavy (non-hydrogen) atoms. The summed E-state index contributed by atoms with van der Waals surface area (Å²) in [7, 11) is 0. The molecule has 3 nitrogen and oxygen atoms in total. The van der Waals surface area contributed by atoms with E-state index in [2.05, 4.69) is 11.5 Å². The largest absolute Gasteiger partial charge is 0.244 e. The highest BCUT2D eigenvalue weighted by molar-refractivity contribution is 5.54. The number of nitrogens with zero attached hydrogens (tertiary/aromatic N) is 1. The third-order valence-electron chi connectivity index (χ3n) is 1.69. The number of rotatable bonds is 0. The Bertz CT molecular complexity index is 246. The van der Waals surface area contributed by atoms with Crippen LogP contribution in [0.1, 0.15) is 5.56 Å². The second kappa shape index (κ2) is 1.97. The minimum Gasteiger partial charge on any atom is -0.244 e. The average Bonchev–Trinajstić information content (AvgIpc) is 2.34. The first-order chi connectivity index (χ1) is 4.88. The predicted molar refractivity (Wildman–Crippen MR) is 39.9 cm³/mol. The first-order valence-corrected chi connectivity index (χ1v) is 3.24. The van der Waals surface area contributed by atoms with E-state index in [0.717, 1.165) is 12.2 Å². The molecule has 1 aromatic rings. The van der Waals surface area contributed by atoms with Gasteiger partial charge in [-0.1, -0.05) is 18.2 Å². The van der Waals surface area contributed by atoms with Crippen LogP contribution >= 0.6 is 0 Å². The third kappa shape index (κ3) is 0.683. The molecule has 1 aromatic carbocycles. The Morgan fingerprint density at radius 2 is 2.20 bits per heavy atom. The van der Waals surface area contributed by atoms with E-state index in [1.165, 1.54) is 5.56 Å². The molecule has 0 aliphatic carbocycles. The Morgan fingerprint density at radius 1 is 1.40 bits per heavy atom.